The summed E-state index contributed by atoms with van der Waals surface area (Å²) in [4.78, 5) is 0.822. The number of phenolic OH excluding ortho intramolecular Hbond substituents is 1. The van der Waals surface area contributed by atoms with Crippen LogP contribution in [0.4, 0.5) is 0 Å². The largest absolute Gasteiger partial charge is 0.507 e. The maximum Gasteiger partial charge on any atom is 0.127 e. The first kappa shape index (κ1) is 14.0. The number of unbranched alkanes of at least 4 members (excludes halogenated alkanes) is 2. The third-order valence-corrected chi connectivity index (χ3v) is 3.72. The second kappa shape index (κ2) is 6.67. The van der Waals surface area contributed by atoms with Crippen LogP contribution in [-0.4, -0.2) is 5.11 Å². The molecule has 100 valence electrons. The molecule has 0 aliphatic heterocycles. The highest BCUT2D eigenvalue weighted by Crippen LogP contribution is 2.37. The molecule has 19 heavy (non-hydrogen) atoms. The Balaban J connectivity index is 2.35. The monoisotopic (exact) mass is 272 g/mol. The van der Waals surface area contributed by atoms with Crippen molar-refractivity contribution < 1.29 is 5.11 Å². The third-order valence-electron chi connectivity index (χ3n) is 3.35. The predicted octanol–water partition coefficient (Wildman–Crippen LogP) is 5.08. The van der Waals surface area contributed by atoms with E-state index in [4.69, 9.17) is 0 Å². The SMILES string of the molecule is CCCCCc1ccc(S)c(-c2ccccc2)c1O. The Morgan fingerprint density at radius 2 is 1.74 bits per heavy atom. The molecule has 0 aliphatic rings. The van der Waals surface area contributed by atoms with E-state index in [2.05, 4.69) is 19.6 Å². The summed E-state index contributed by atoms with van der Waals surface area (Å²) >= 11 is 4.48. The molecule has 0 amide bonds. The number of hydrogen-bond acceptors (Lipinski definition) is 2. The zero-order chi connectivity index (χ0) is 13.7. The summed E-state index contributed by atoms with van der Waals surface area (Å²) in [7, 11) is 0. The van der Waals surface area contributed by atoms with E-state index in [1.165, 1.54) is 12.8 Å². The first-order valence-corrected chi connectivity index (χ1v) is 7.28. The maximum absolute atomic E-state index is 10.5. The van der Waals surface area contributed by atoms with Crippen molar-refractivity contribution in [1.29, 1.82) is 0 Å². The first-order chi connectivity index (χ1) is 9.24. The lowest BCUT2D eigenvalue weighted by Crippen LogP contribution is -1.90. The van der Waals surface area contributed by atoms with Crippen LogP contribution >= 0.6 is 12.6 Å². The highest BCUT2D eigenvalue weighted by molar-refractivity contribution is 7.80. The van der Waals surface area contributed by atoms with Gasteiger partial charge in [-0.25, -0.2) is 0 Å². The van der Waals surface area contributed by atoms with Gasteiger partial charge in [0.15, 0.2) is 0 Å². The molecule has 0 aliphatic carbocycles. The fourth-order valence-corrected chi connectivity index (χ4v) is 2.59. The molecule has 0 bridgehead atoms. The summed E-state index contributed by atoms with van der Waals surface area (Å²) in [6, 6.07) is 13.9. The van der Waals surface area contributed by atoms with Crippen molar-refractivity contribution in [2.45, 2.75) is 37.5 Å². The van der Waals surface area contributed by atoms with E-state index in [1.54, 1.807) is 0 Å². The summed E-state index contributed by atoms with van der Waals surface area (Å²) in [6.45, 7) is 2.19. The third kappa shape index (κ3) is 3.32. The van der Waals surface area contributed by atoms with Gasteiger partial charge in [0, 0.05) is 10.5 Å². The first-order valence-electron chi connectivity index (χ1n) is 6.83. The molecule has 0 spiro atoms. The minimum absolute atomic E-state index is 0.384. The Morgan fingerprint density at radius 3 is 2.42 bits per heavy atom. The molecule has 1 nitrogen and oxygen atoms in total. The number of aromatic hydroxyl groups is 1. The lowest BCUT2D eigenvalue weighted by atomic mass is 9.98. The topological polar surface area (TPSA) is 20.2 Å². The molecule has 0 aromatic heterocycles. The van der Waals surface area contributed by atoms with Crippen molar-refractivity contribution in [3.8, 4) is 16.9 Å². The molecule has 0 saturated heterocycles. The molecule has 1 N–H and O–H groups in total. The van der Waals surface area contributed by atoms with Gasteiger partial charge in [0.1, 0.15) is 5.75 Å². The Morgan fingerprint density at radius 1 is 1.00 bits per heavy atom. The quantitative estimate of drug-likeness (QED) is 0.574. The minimum Gasteiger partial charge on any atom is -0.507 e. The minimum atomic E-state index is 0.384. The number of rotatable bonds is 5. The van der Waals surface area contributed by atoms with Gasteiger partial charge in [-0.05, 0) is 30.0 Å². The van der Waals surface area contributed by atoms with E-state index >= 15 is 0 Å². The van der Waals surface area contributed by atoms with Crippen LogP contribution in [0.3, 0.4) is 0 Å². The molecule has 0 radical (unpaired) electrons. The van der Waals surface area contributed by atoms with Gasteiger partial charge >= 0.3 is 0 Å². The predicted molar refractivity (Wildman–Crippen MR) is 84.0 cm³/mol. The van der Waals surface area contributed by atoms with Gasteiger partial charge in [0.25, 0.3) is 0 Å². The maximum atomic E-state index is 10.5. The fourth-order valence-electron chi connectivity index (χ4n) is 2.28. The Bertz CT molecular complexity index is 534. The van der Waals surface area contributed by atoms with Gasteiger partial charge in [-0.15, -0.1) is 12.6 Å². The van der Waals surface area contributed by atoms with Crippen molar-refractivity contribution in [2.24, 2.45) is 0 Å². The van der Waals surface area contributed by atoms with Crippen LogP contribution in [0.5, 0.6) is 5.75 Å². The number of thiol groups is 1. The van der Waals surface area contributed by atoms with E-state index in [1.807, 2.05) is 42.5 Å². The molecule has 2 rings (SSSR count). The molecule has 2 heteroatoms. The molecule has 2 aromatic carbocycles. The molecule has 0 saturated carbocycles. The van der Waals surface area contributed by atoms with Gasteiger partial charge in [-0.3, -0.25) is 0 Å². The van der Waals surface area contributed by atoms with Crippen LogP contribution in [0.2, 0.25) is 0 Å². The molecule has 0 fully saturated rings. The van der Waals surface area contributed by atoms with E-state index < -0.39 is 0 Å². The zero-order valence-electron chi connectivity index (χ0n) is 11.3. The molecule has 0 atom stereocenters. The van der Waals surface area contributed by atoms with E-state index in [9.17, 15) is 5.11 Å². The van der Waals surface area contributed by atoms with Crippen LogP contribution < -0.4 is 0 Å². The Hall–Kier alpha value is -1.41. The van der Waals surface area contributed by atoms with Crippen LogP contribution in [0.25, 0.3) is 11.1 Å². The average Bonchev–Trinajstić information content (AvgIpc) is 2.43. The zero-order valence-corrected chi connectivity index (χ0v) is 12.2. The number of aryl methyl sites for hydroxylation is 1. The van der Waals surface area contributed by atoms with E-state index in [-0.39, 0.29) is 0 Å². The van der Waals surface area contributed by atoms with Gasteiger partial charge in [-0.2, -0.15) is 0 Å². The Kier molecular flexibility index (Phi) is 4.92. The van der Waals surface area contributed by atoms with E-state index in [0.717, 1.165) is 34.4 Å². The van der Waals surface area contributed by atoms with Crippen molar-refractivity contribution in [3.63, 3.8) is 0 Å². The highest BCUT2D eigenvalue weighted by atomic mass is 32.1. The number of phenols is 1. The fraction of sp³-hybridized carbons (Fsp3) is 0.294. The van der Waals surface area contributed by atoms with Crippen LogP contribution in [0.15, 0.2) is 47.4 Å². The molecular formula is C17H20OS. The van der Waals surface area contributed by atoms with Crippen molar-refractivity contribution in [2.75, 3.05) is 0 Å². The average molecular weight is 272 g/mol. The van der Waals surface area contributed by atoms with Gasteiger partial charge in [0.2, 0.25) is 0 Å². The van der Waals surface area contributed by atoms with Crippen molar-refractivity contribution in [1.82, 2.24) is 0 Å². The molecule has 0 heterocycles. The lowest BCUT2D eigenvalue weighted by Gasteiger charge is -2.12. The number of benzene rings is 2. The molecule has 0 unspecified atom stereocenters. The summed E-state index contributed by atoms with van der Waals surface area (Å²) in [5, 5.41) is 10.5. The number of hydrogen-bond donors (Lipinski definition) is 2. The van der Waals surface area contributed by atoms with Gasteiger partial charge in [0.05, 0.1) is 0 Å². The van der Waals surface area contributed by atoms with Gasteiger partial charge in [-0.1, -0.05) is 56.2 Å². The second-order valence-electron chi connectivity index (χ2n) is 4.79. The standard InChI is InChI=1S/C17H20OS/c1-2-3-5-10-14-11-12-15(19)16(17(14)18)13-8-6-4-7-9-13/h4,6-9,11-12,18-19H,2-3,5,10H2,1H3. The van der Waals surface area contributed by atoms with Crippen molar-refractivity contribution in [3.05, 3.63) is 48.0 Å². The van der Waals surface area contributed by atoms with Gasteiger partial charge < -0.3 is 5.11 Å². The summed E-state index contributed by atoms with van der Waals surface area (Å²) in [5.74, 6) is 0.384. The lowest BCUT2D eigenvalue weighted by molar-refractivity contribution is 0.467. The normalized spacial score (nSPS) is 10.6. The summed E-state index contributed by atoms with van der Waals surface area (Å²) in [6.07, 6.45) is 4.43. The highest BCUT2D eigenvalue weighted by Gasteiger charge is 2.12. The Labute approximate surface area is 120 Å². The second-order valence-corrected chi connectivity index (χ2v) is 5.27. The van der Waals surface area contributed by atoms with Crippen LogP contribution in [0, 0.1) is 0 Å². The van der Waals surface area contributed by atoms with E-state index in [0.29, 0.717) is 5.75 Å². The van der Waals surface area contributed by atoms with Crippen LogP contribution in [-0.2, 0) is 6.42 Å². The smallest absolute Gasteiger partial charge is 0.127 e. The molecule has 2 aromatic rings. The summed E-state index contributed by atoms with van der Waals surface area (Å²) in [5.41, 5.74) is 2.88. The summed E-state index contributed by atoms with van der Waals surface area (Å²) < 4.78 is 0. The van der Waals surface area contributed by atoms with Crippen LogP contribution in [0.1, 0.15) is 31.7 Å². The van der Waals surface area contributed by atoms with Crippen molar-refractivity contribution >= 4 is 12.6 Å². The molecular weight excluding hydrogens is 252 g/mol.